The summed E-state index contributed by atoms with van der Waals surface area (Å²) in [5.74, 6) is -0.792. The van der Waals surface area contributed by atoms with Gasteiger partial charge in [0.05, 0.1) is 23.9 Å². The Hall–Kier alpha value is -1.12. The summed E-state index contributed by atoms with van der Waals surface area (Å²) in [6.45, 7) is 3.53. The maximum Gasteiger partial charge on any atom is 0.246 e. The first-order chi connectivity index (χ1) is 14.8. The second kappa shape index (κ2) is 10.4. The molecule has 4 heterocycles. The molecule has 0 aromatic rings. The number of carbonyl (C=O) groups is 2. The van der Waals surface area contributed by atoms with Gasteiger partial charge in [0.1, 0.15) is 0 Å². The van der Waals surface area contributed by atoms with Crippen molar-refractivity contribution in [2.45, 2.75) is 95.7 Å². The van der Waals surface area contributed by atoms with Crippen LogP contribution < -0.4 is 0 Å². The second-order valence-electron chi connectivity index (χ2n) is 9.75. The van der Waals surface area contributed by atoms with Crippen LogP contribution in [0.1, 0.15) is 77.6 Å². The van der Waals surface area contributed by atoms with E-state index >= 15 is 0 Å². The van der Waals surface area contributed by atoms with Crippen LogP contribution in [0.3, 0.4) is 0 Å². The van der Waals surface area contributed by atoms with Crippen molar-refractivity contribution in [1.82, 2.24) is 14.1 Å². The lowest BCUT2D eigenvalue weighted by Crippen LogP contribution is -2.41. The number of carbonyl (C=O) groups excluding carboxylic acids is 2. The summed E-state index contributed by atoms with van der Waals surface area (Å²) >= 11 is 0. The summed E-state index contributed by atoms with van der Waals surface area (Å²) in [6, 6.07) is 1.17. The maximum atomic E-state index is 13.0. The Bertz CT molecular complexity index is 830. The molecule has 2 amide bonds. The normalized spacial score (nSPS) is 29.8. The molecule has 0 aromatic carbocycles. The molecule has 4 rings (SSSR count). The first-order valence-corrected chi connectivity index (χ1v) is 14.0. The number of fused-ring (bicyclic) bond motifs is 3. The van der Waals surface area contributed by atoms with E-state index in [0.29, 0.717) is 25.1 Å². The van der Waals surface area contributed by atoms with Crippen molar-refractivity contribution in [2.24, 2.45) is 5.92 Å². The fourth-order valence-electron chi connectivity index (χ4n) is 6.31. The summed E-state index contributed by atoms with van der Waals surface area (Å²) in [4.78, 5) is 30.2. The van der Waals surface area contributed by atoms with Gasteiger partial charge in [-0.05, 0) is 57.6 Å². The Balaban J connectivity index is 0.00000289. The molecular weight excluding hydrogens is 450 g/mol. The predicted octanol–water partition coefficient (Wildman–Crippen LogP) is 3.30. The van der Waals surface area contributed by atoms with Gasteiger partial charge < -0.3 is 4.90 Å². The molecule has 0 saturated carbocycles. The van der Waals surface area contributed by atoms with E-state index in [1.54, 1.807) is 11.0 Å². The number of unbranched alkanes of at least 4 members (excludes halogenated alkanes) is 2. The van der Waals surface area contributed by atoms with Crippen LogP contribution in [-0.4, -0.2) is 71.8 Å². The quantitative estimate of drug-likeness (QED) is 0.466. The van der Waals surface area contributed by atoms with Crippen LogP contribution in [0.25, 0.3) is 0 Å². The molecule has 2 unspecified atom stereocenters. The molecule has 3 saturated heterocycles. The summed E-state index contributed by atoms with van der Waals surface area (Å²) < 4.78 is 25.3. The monoisotopic (exact) mass is 487 g/mol. The second-order valence-corrected chi connectivity index (χ2v) is 11.6. The SMILES string of the molecule is CCC[C@H]1C(=O)N(S(C)(=O)=O)C2=CCN(C(=O)CCCCCN3C4CCCC3CC4)[C@@H]21.Cl. The fraction of sp³-hybridized carbons (Fsp3) is 0.826. The standard InChI is InChI=1S/C23H37N3O4S.ClH/c1-3-8-19-22-20(26(23(19)28)31(2,29)30)14-16-25(22)21(27)11-5-4-6-15-24-17-9-7-10-18(24)13-12-17;/h14,17-19,22H,3-13,15-16H2,1-2H3;1H/t17?,18?,19-,22-;/m1./s1. The maximum absolute atomic E-state index is 13.0. The number of rotatable bonds is 9. The molecule has 32 heavy (non-hydrogen) atoms. The summed E-state index contributed by atoms with van der Waals surface area (Å²) in [6.07, 6.45) is 14.5. The topological polar surface area (TPSA) is 78.0 Å². The molecule has 182 valence electrons. The highest BCUT2D eigenvalue weighted by molar-refractivity contribution is 7.89. The lowest BCUT2D eigenvalue weighted by atomic mass is 9.96. The van der Waals surface area contributed by atoms with E-state index in [2.05, 4.69) is 4.90 Å². The Morgan fingerprint density at radius 3 is 2.41 bits per heavy atom. The molecule has 0 aromatic heterocycles. The van der Waals surface area contributed by atoms with Crippen molar-refractivity contribution in [2.75, 3.05) is 19.3 Å². The van der Waals surface area contributed by atoms with E-state index in [0.717, 1.165) is 54.9 Å². The highest BCUT2D eigenvalue weighted by Gasteiger charge is 2.53. The van der Waals surface area contributed by atoms with Gasteiger partial charge in [-0.1, -0.05) is 26.2 Å². The summed E-state index contributed by atoms with van der Waals surface area (Å²) in [7, 11) is -3.67. The van der Waals surface area contributed by atoms with Crippen LogP contribution in [0, 0.1) is 5.92 Å². The molecule has 2 bridgehead atoms. The van der Waals surface area contributed by atoms with Gasteiger partial charge in [0.2, 0.25) is 21.8 Å². The van der Waals surface area contributed by atoms with Crippen LogP contribution in [0.15, 0.2) is 11.8 Å². The third kappa shape index (κ3) is 4.87. The zero-order valence-electron chi connectivity index (χ0n) is 19.4. The van der Waals surface area contributed by atoms with Crippen LogP contribution in [0.5, 0.6) is 0 Å². The molecule has 4 aliphatic rings. The first kappa shape index (κ1) is 25.5. The number of piperidine rings is 1. The van der Waals surface area contributed by atoms with Crippen molar-refractivity contribution >= 4 is 34.2 Å². The van der Waals surface area contributed by atoms with E-state index in [1.807, 2.05) is 6.92 Å². The van der Waals surface area contributed by atoms with Gasteiger partial charge in [-0.25, -0.2) is 12.7 Å². The minimum absolute atomic E-state index is 0. The van der Waals surface area contributed by atoms with Crippen LogP contribution >= 0.6 is 12.4 Å². The summed E-state index contributed by atoms with van der Waals surface area (Å²) in [5.41, 5.74) is 0.486. The summed E-state index contributed by atoms with van der Waals surface area (Å²) in [5, 5.41) is 0. The van der Waals surface area contributed by atoms with E-state index in [4.69, 9.17) is 0 Å². The highest BCUT2D eigenvalue weighted by Crippen LogP contribution is 2.40. The number of hydrogen-bond acceptors (Lipinski definition) is 5. The van der Waals surface area contributed by atoms with Crippen molar-refractivity contribution in [3.05, 3.63) is 11.8 Å². The zero-order valence-corrected chi connectivity index (χ0v) is 21.0. The van der Waals surface area contributed by atoms with Gasteiger partial charge in [0.15, 0.2) is 0 Å². The Morgan fingerprint density at radius 2 is 1.78 bits per heavy atom. The molecule has 0 aliphatic carbocycles. The number of hydrogen-bond donors (Lipinski definition) is 0. The molecule has 4 atom stereocenters. The molecule has 9 heteroatoms. The van der Waals surface area contributed by atoms with E-state index in [1.165, 1.54) is 32.1 Å². The minimum Gasteiger partial charge on any atom is -0.330 e. The van der Waals surface area contributed by atoms with Crippen LogP contribution in [0.4, 0.5) is 0 Å². The average Bonchev–Trinajstić information content (AvgIpc) is 3.30. The molecule has 0 radical (unpaired) electrons. The third-order valence-electron chi connectivity index (χ3n) is 7.67. The van der Waals surface area contributed by atoms with E-state index < -0.39 is 22.0 Å². The number of amides is 2. The first-order valence-electron chi connectivity index (χ1n) is 12.1. The van der Waals surface area contributed by atoms with Crippen molar-refractivity contribution in [3.63, 3.8) is 0 Å². The lowest BCUT2D eigenvalue weighted by molar-refractivity contribution is -0.133. The fourth-order valence-corrected chi connectivity index (χ4v) is 7.34. The number of nitrogens with zero attached hydrogens (tertiary/aromatic N) is 3. The van der Waals surface area contributed by atoms with Gasteiger partial charge in [0, 0.05) is 25.0 Å². The number of halogens is 1. The van der Waals surface area contributed by atoms with Gasteiger partial charge in [-0.3, -0.25) is 14.5 Å². The molecule has 3 fully saturated rings. The van der Waals surface area contributed by atoms with Crippen LogP contribution in [0.2, 0.25) is 0 Å². The van der Waals surface area contributed by atoms with Gasteiger partial charge in [-0.15, -0.1) is 12.4 Å². The minimum atomic E-state index is -3.67. The van der Waals surface area contributed by atoms with Crippen molar-refractivity contribution < 1.29 is 18.0 Å². The molecule has 4 aliphatic heterocycles. The highest BCUT2D eigenvalue weighted by atomic mass is 35.5. The lowest BCUT2D eigenvalue weighted by Gasteiger charge is -2.34. The third-order valence-corrected chi connectivity index (χ3v) is 8.73. The van der Waals surface area contributed by atoms with Gasteiger partial charge >= 0.3 is 0 Å². The molecule has 0 spiro atoms. The zero-order chi connectivity index (χ0) is 22.2. The molecule has 0 N–H and O–H groups in total. The number of sulfonamides is 1. The van der Waals surface area contributed by atoms with Gasteiger partial charge in [0.25, 0.3) is 0 Å². The van der Waals surface area contributed by atoms with Crippen molar-refractivity contribution in [3.8, 4) is 0 Å². The Morgan fingerprint density at radius 1 is 1.09 bits per heavy atom. The molecule has 7 nitrogen and oxygen atoms in total. The Labute approximate surface area is 199 Å². The van der Waals surface area contributed by atoms with Crippen molar-refractivity contribution in [1.29, 1.82) is 0 Å². The predicted molar refractivity (Wildman–Crippen MR) is 127 cm³/mol. The average molecular weight is 488 g/mol. The largest absolute Gasteiger partial charge is 0.330 e. The van der Waals surface area contributed by atoms with Gasteiger partial charge in [-0.2, -0.15) is 0 Å². The molecular formula is C23H38ClN3O4S. The van der Waals surface area contributed by atoms with Crippen LogP contribution in [-0.2, 0) is 19.6 Å². The smallest absolute Gasteiger partial charge is 0.246 e. The van der Waals surface area contributed by atoms with E-state index in [9.17, 15) is 18.0 Å². The Kier molecular flexibility index (Phi) is 8.31. The van der Waals surface area contributed by atoms with E-state index in [-0.39, 0.29) is 24.2 Å².